The molecule has 4 nitrogen and oxygen atoms in total. The molecule has 1 aromatic rings. The minimum atomic E-state index is -0.141. The zero-order chi connectivity index (χ0) is 12.0. The number of rotatable bonds is 5. The Balaban J connectivity index is 2.27. The van der Waals surface area contributed by atoms with Gasteiger partial charge < -0.3 is 14.6 Å². The van der Waals surface area contributed by atoms with Crippen LogP contribution in [0.3, 0.4) is 0 Å². The van der Waals surface area contributed by atoms with Crippen molar-refractivity contribution in [2.75, 3.05) is 13.2 Å². The van der Waals surface area contributed by atoms with Crippen molar-refractivity contribution in [2.24, 2.45) is 0 Å². The van der Waals surface area contributed by atoms with Crippen molar-refractivity contribution in [3.05, 3.63) is 23.9 Å². The summed E-state index contributed by atoms with van der Waals surface area (Å²) < 4.78 is 10.9. The highest BCUT2D eigenvalue weighted by Gasteiger charge is 2.09. The largest absolute Gasteiger partial charge is 0.475 e. The average Bonchev–Trinajstić information content (AvgIpc) is 2.24. The standard InChI is InChI=1S/C12H19NO3/c1-12(2,3)16-7-6-15-11-5-4-10(9-14)8-13-11/h4-5,8,14H,6-7,9H2,1-3H3. The summed E-state index contributed by atoms with van der Waals surface area (Å²) in [5.74, 6) is 0.551. The van der Waals surface area contributed by atoms with Crippen LogP contribution in [0.4, 0.5) is 0 Å². The molecule has 0 atom stereocenters. The lowest BCUT2D eigenvalue weighted by Gasteiger charge is -2.19. The second-order valence-electron chi connectivity index (χ2n) is 4.47. The Morgan fingerprint density at radius 1 is 1.25 bits per heavy atom. The molecule has 0 aromatic carbocycles. The molecule has 0 aliphatic carbocycles. The molecular formula is C12H19NO3. The second kappa shape index (κ2) is 5.82. The predicted molar refractivity (Wildman–Crippen MR) is 61.4 cm³/mol. The van der Waals surface area contributed by atoms with Gasteiger partial charge in [-0.25, -0.2) is 4.98 Å². The lowest BCUT2D eigenvalue weighted by Crippen LogP contribution is -2.22. The number of ether oxygens (including phenoxy) is 2. The molecule has 0 saturated heterocycles. The van der Waals surface area contributed by atoms with Crippen LogP contribution in [-0.2, 0) is 11.3 Å². The van der Waals surface area contributed by atoms with Crippen LogP contribution in [0.5, 0.6) is 5.88 Å². The molecule has 0 fully saturated rings. The van der Waals surface area contributed by atoms with Gasteiger partial charge >= 0.3 is 0 Å². The summed E-state index contributed by atoms with van der Waals surface area (Å²) in [5, 5.41) is 8.83. The van der Waals surface area contributed by atoms with E-state index >= 15 is 0 Å². The van der Waals surface area contributed by atoms with Crippen molar-refractivity contribution in [3.63, 3.8) is 0 Å². The Kier molecular flexibility index (Phi) is 4.71. The SMILES string of the molecule is CC(C)(C)OCCOc1ccc(CO)cn1. The van der Waals surface area contributed by atoms with Crippen molar-refractivity contribution in [1.82, 2.24) is 4.98 Å². The molecule has 1 rings (SSSR count). The summed E-state index contributed by atoms with van der Waals surface area (Å²) in [6.07, 6.45) is 1.60. The van der Waals surface area contributed by atoms with E-state index in [2.05, 4.69) is 4.98 Å². The highest BCUT2D eigenvalue weighted by Crippen LogP contribution is 2.09. The number of nitrogens with zero attached hydrogens (tertiary/aromatic N) is 1. The Morgan fingerprint density at radius 3 is 2.50 bits per heavy atom. The van der Waals surface area contributed by atoms with Crippen LogP contribution in [0.1, 0.15) is 26.3 Å². The fraction of sp³-hybridized carbons (Fsp3) is 0.583. The maximum absolute atomic E-state index is 8.83. The summed E-state index contributed by atoms with van der Waals surface area (Å²) >= 11 is 0. The first kappa shape index (κ1) is 12.9. The fourth-order valence-corrected chi connectivity index (χ4v) is 1.08. The summed E-state index contributed by atoms with van der Waals surface area (Å²) in [6.45, 7) is 7.01. The Bertz CT molecular complexity index is 303. The first-order chi connectivity index (χ1) is 7.51. The van der Waals surface area contributed by atoms with Gasteiger partial charge in [0.25, 0.3) is 0 Å². The third kappa shape index (κ3) is 5.09. The zero-order valence-electron chi connectivity index (χ0n) is 10.1. The summed E-state index contributed by atoms with van der Waals surface area (Å²) in [5.41, 5.74) is 0.635. The number of pyridine rings is 1. The monoisotopic (exact) mass is 225 g/mol. The average molecular weight is 225 g/mol. The number of aliphatic hydroxyl groups excluding tert-OH is 1. The van der Waals surface area contributed by atoms with Gasteiger partial charge in [-0.05, 0) is 32.4 Å². The Hall–Kier alpha value is -1.13. The van der Waals surface area contributed by atoms with Gasteiger partial charge in [0.2, 0.25) is 5.88 Å². The van der Waals surface area contributed by atoms with Crippen LogP contribution in [0.25, 0.3) is 0 Å². The topological polar surface area (TPSA) is 51.6 Å². The van der Waals surface area contributed by atoms with Crippen LogP contribution in [0, 0.1) is 0 Å². The summed E-state index contributed by atoms with van der Waals surface area (Å²) in [6, 6.07) is 3.52. The highest BCUT2D eigenvalue weighted by atomic mass is 16.5. The Labute approximate surface area is 96.2 Å². The molecule has 16 heavy (non-hydrogen) atoms. The number of aromatic nitrogens is 1. The molecule has 0 amide bonds. The van der Waals surface area contributed by atoms with Crippen molar-refractivity contribution in [3.8, 4) is 5.88 Å². The minimum absolute atomic E-state index is 0.000412. The van der Waals surface area contributed by atoms with E-state index in [1.807, 2.05) is 20.8 Å². The van der Waals surface area contributed by atoms with Crippen LogP contribution < -0.4 is 4.74 Å². The van der Waals surface area contributed by atoms with Crippen LogP contribution in [0.15, 0.2) is 18.3 Å². The molecule has 90 valence electrons. The van der Waals surface area contributed by atoms with E-state index in [0.29, 0.717) is 19.1 Å². The second-order valence-corrected chi connectivity index (χ2v) is 4.47. The first-order valence-electron chi connectivity index (χ1n) is 5.34. The maximum Gasteiger partial charge on any atom is 0.213 e. The quantitative estimate of drug-likeness (QED) is 0.776. The van der Waals surface area contributed by atoms with Crippen molar-refractivity contribution in [2.45, 2.75) is 33.0 Å². The molecule has 1 heterocycles. The van der Waals surface area contributed by atoms with E-state index in [1.165, 1.54) is 0 Å². The normalized spacial score (nSPS) is 11.5. The molecule has 1 aromatic heterocycles. The fourth-order valence-electron chi connectivity index (χ4n) is 1.08. The first-order valence-corrected chi connectivity index (χ1v) is 5.34. The van der Waals surface area contributed by atoms with Gasteiger partial charge in [0.1, 0.15) is 6.61 Å². The van der Waals surface area contributed by atoms with Crippen molar-refractivity contribution in [1.29, 1.82) is 0 Å². The lowest BCUT2D eigenvalue weighted by molar-refractivity contribution is -0.0168. The molecule has 0 bridgehead atoms. The van der Waals surface area contributed by atoms with Crippen molar-refractivity contribution < 1.29 is 14.6 Å². The van der Waals surface area contributed by atoms with Gasteiger partial charge in [0.15, 0.2) is 0 Å². The third-order valence-electron chi connectivity index (χ3n) is 1.85. The van der Waals surface area contributed by atoms with E-state index in [1.54, 1.807) is 18.3 Å². The molecule has 0 aliphatic heterocycles. The van der Waals surface area contributed by atoms with Crippen LogP contribution in [0.2, 0.25) is 0 Å². The smallest absolute Gasteiger partial charge is 0.213 e. The predicted octanol–water partition coefficient (Wildman–Crippen LogP) is 1.77. The molecular weight excluding hydrogens is 206 g/mol. The van der Waals surface area contributed by atoms with Crippen molar-refractivity contribution >= 4 is 0 Å². The van der Waals surface area contributed by atoms with Gasteiger partial charge in [-0.15, -0.1) is 0 Å². The van der Waals surface area contributed by atoms with E-state index in [-0.39, 0.29) is 12.2 Å². The van der Waals surface area contributed by atoms with Crippen LogP contribution >= 0.6 is 0 Å². The zero-order valence-corrected chi connectivity index (χ0v) is 10.1. The molecule has 1 N–H and O–H groups in total. The maximum atomic E-state index is 8.83. The van der Waals surface area contributed by atoms with Gasteiger partial charge in [0.05, 0.1) is 18.8 Å². The van der Waals surface area contributed by atoms with Gasteiger partial charge in [-0.2, -0.15) is 0 Å². The third-order valence-corrected chi connectivity index (χ3v) is 1.85. The molecule has 0 radical (unpaired) electrons. The molecule has 0 spiro atoms. The summed E-state index contributed by atoms with van der Waals surface area (Å²) in [7, 11) is 0. The lowest BCUT2D eigenvalue weighted by atomic mass is 10.2. The number of hydrogen-bond donors (Lipinski definition) is 1. The number of aliphatic hydroxyl groups is 1. The van der Waals surface area contributed by atoms with E-state index in [4.69, 9.17) is 14.6 Å². The van der Waals surface area contributed by atoms with Crippen LogP contribution in [-0.4, -0.2) is 28.9 Å². The molecule has 0 unspecified atom stereocenters. The molecule has 0 aliphatic rings. The highest BCUT2D eigenvalue weighted by molar-refractivity contribution is 5.16. The van der Waals surface area contributed by atoms with E-state index in [0.717, 1.165) is 5.56 Å². The minimum Gasteiger partial charge on any atom is -0.475 e. The van der Waals surface area contributed by atoms with Gasteiger partial charge in [0, 0.05) is 12.3 Å². The molecule has 0 saturated carbocycles. The summed E-state index contributed by atoms with van der Waals surface area (Å²) in [4.78, 5) is 4.05. The number of hydrogen-bond acceptors (Lipinski definition) is 4. The molecule has 4 heteroatoms. The van der Waals surface area contributed by atoms with Gasteiger partial charge in [-0.1, -0.05) is 0 Å². The van der Waals surface area contributed by atoms with E-state index in [9.17, 15) is 0 Å². The van der Waals surface area contributed by atoms with E-state index < -0.39 is 0 Å². The Morgan fingerprint density at radius 2 is 2.00 bits per heavy atom. The van der Waals surface area contributed by atoms with Gasteiger partial charge in [-0.3, -0.25) is 0 Å².